The maximum absolute atomic E-state index is 6.15. The summed E-state index contributed by atoms with van der Waals surface area (Å²) in [6.07, 6.45) is 5.73. The molecular weight excluding hydrogens is 477 g/mol. The molecule has 4 fully saturated rings. The number of morpholine rings is 1. The molecule has 6 heteroatoms. The first-order valence-electron chi connectivity index (χ1n) is 10.9. The van der Waals surface area contributed by atoms with Gasteiger partial charge in [-0.15, -0.1) is 24.0 Å². The zero-order valence-corrected chi connectivity index (χ0v) is 20.1. The minimum atomic E-state index is 0. The van der Waals surface area contributed by atoms with Crippen LogP contribution >= 0.6 is 24.0 Å². The van der Waals surface area contributed by atoms with Crippen LogP contribution in [0.5, 0.6) is 0 Å². The first-order chi connectivity index (χ1) is 13.6. The summed E-state index contributed by atoms with van der Waals surface area (Å²) in [6, 6.07) is 7.19. The molecule has 2 aliphatic heterocycles. The van der Waals surface area contributed by atoms with Crippen molar-refractivity contribution in [1.29, 1.82) is 0 Å². The van der Waals surface area contributed by atoms with Gasteiger partial charge in [-0.05, 0) is 44.2 Å². The average molecular weight is 511 g/mol. The quantitative estimate of drug-likeness (QED) is 0.373. The second-order valence-electron chi connectivity index (χ2n) is 9.17. The number of nitrogens with one attached hydrogen (secondary N) is 1. The summed E-state index contributed by atoms with van der Waals surface area (Å²) in [6.45, 7) is 7.75. The van der Waals surface area contributed by atoms with Crippen molar-refractivity contribution in [3.8, 4) is 0 Å². The van der Waals surface area contributed by atoms with Crippen LogP contribution in [0, 0.1) is 25.2 Å². The van der Waals surface area contributed by atoms with Gasteiger partial charge >= 0.3 is 0 Å². The Morgan fingerprint density at radius 2 is 2.03 bits per heavy atom. The zero-order valence-electron chi connectivity index (χ0n) is 17.8. The Hall–Kier alpha value is -0.860. The van der Waals surface area contributed by atoms with E-state index in [9.17, 15) is 0 Å². The minimum absolute atomic E-state index is 0. The number of hydrogen-bond acceptors (Lipinski definition) is 3. The van der Waals surface area contributed by atoms with E-state index in [2.05, 4.69) is 47.3 Å². The number of halogens is 1. The van der Waals surface area contributed by atoms with Gasteiger partial charge in [0.2, 0.25) is 0 Å². The molecule has 0 bridgehead atoms. The summed E-state index contributed by atoms with van der Waals surface area (Å²) >= 11 is 0. The molecule has 1 spiro atoms. The van der Waals surface area contributed by atoms with Crippen molar-refractivity contribution in [3.63, 3.8) is 0 Å². The Balaban J connectivity index is 0.00000205. The summed E-state index contributed by atoms with van der Waals surface area (Å²) in [5.74, 6) is 1.70. The van der Waals surface area contributed by atoms with Crippen LogP contribution < -0.4 is 5.32 Å². The molecule has 1 aromatic rings. The van der Waals surface area contributed by atoms with Crippen LogP contribution in [0.2, 0.25) is 0 Å². The van der Waals surface area contributed by atoms with Gasteiger partial charge in [-0.3, -0.25) is 4.99 Å². The maximum Gasteiger partial charge on any atom is 0.194 e. The predicted molar refractivity (Wildman–Crippen MR) is 126 cm³/mol. The average Bonchev–Trinajstić information content (AvgIpc) is 3.06. The van der Waals surface area contributed by atoms with Crippen molar-refractivity contribution in [3.05, 3.63) is 34.9 Å². The molecule has 1 N–H and O–H groups in total. The fraction of sp³-hybridized carbons (Fsp3) is 0.696. The van der Waals surface area contributed by atoms with E-state index in [4.69, 9.17) is 9.47 Å². The van der Waals surface area contributed by atoms with Crippen LogP contribution in [0.25, 0.3) is 0 Å². The van der Waals surface area contributed by atoms with Gasteiger partial charge in [0, 0.05) is 37.6 Å². The molecule has 4 atom stereocenters. The van der Waals surface area contributed by atoms with Gasteiger partial charge in [0.25, 0.3) is 0 Å². The molecule has 5 rings (SSSR count). The summed E-state index contributed by atoms with van der Waals surface area (Å²) in [5, 5.41) is 3.87. The van der Waals surface area contributed by atoms with Gasteiger partial charge < -0.3 is 19.7 Å². The van der Waals surface area contributed by atoms with Crippen molar-refractivity contribution in [2.24, 2.45) is 16.3 Å². The number of aryl methyl sites for hydroxylation is 2. The molecule has 160 valence electrons. The lowest BCUT2D eigenvalue weighted by atomic mass is 9.46. The van der Waals surface area contributed by atoms with E-state index >= 15 is 0 Å². The highest BCUT2D eigenvalue weighted by Gasteiger charge is 2.66. The first-order valence-corrected chi connectivity index (χ1v) is 10.9. The molecule has 4 unspecified atom stereocenters. The predicted octanol–water partition coefficient (Wildman–Crippen LogP) is 3.83. The first kappa shape index (κ1) is 21.4. The lowest BCUT2D eigenvalue weighted by molar-refractivity contribution is -0.171. The molecule has 2 aliphatic carbocycles. The van der Waals surface area contributed by atoms with E-state index in [1.807, 2.05) is 7.05 Å². The van der Waals surface area contributed by atoms with Crippen molar-refractivity contribution in [2.45, 2.75) is 57.8 Å². The Labute approximate surface area is 191 Å². The maximum atomic E-state index is 6.15. The molecule has 0 radical (unpaired) electrons. The van der Waals surface area contributed by atoms with Crippen molar-refractivity contribution in [1.82, 2.24) is 10.2 Å². The van der Waals surface area contributed by atoms with Gasteiger partial charge in [0.1, 0.15) is 6.10 Å². The fourth-order valence-corrected chi connectivity index (χ4v) is 6.11. The molecule has 5 nitrogen and oxygen atoms in total. The van der Waals surface area contributed by atoms with Crippen molar-refractivity contribution in [2.75, 3.05) is 33.4 Å². The third kappa shape index (κ3) is 3.49. The van der Waals surface area contributed by atoms with Gasteiger partial charge in [-0.1, -0.05) is 30.2 Å². The van der Waals surface area contributed by atoms with Crippen molar-refractivity contribution >= 4 is 29.9 Å². The summed E-state index contributed by atoms with van der Waals surface area (Å²) in [7, 11) is 1.92. The number of fused-ring (bicyclic) bond motifs is 2. The smallest absolute Gasteiger partial charge is 0.194 e. The van der Waals surface area contributed by atoms with E-state index in [0.29, 0.717) is 23.5 Å². The summed E-state index contributed by atoms with van der Waals surface area (Å²) in [5.41, 5.74) is 4.29. The Kier molecular flexibility index (Phi) is 6.15. The lowest BCUT2D eigenvalue weighted by Crippen LogP contribution is -2.72. The SMILES string of the molecule is CN=C(NC1C2CCOC2C12CCC2)N1CCOC(c2ccc(C)cc2C)C1.I. The molecule has 29 heavy (non-hydrogen) atoms. The van der Waals surface area contributed by atoms with Crippen LogP contribution in [-0.2, 0) is 9.47 Å². The van der Waals surface area contributed by atoms with Crippen LogP contribution in [-0.4, -0.2) is 56.4 Å². The van der Waals surface area contributed by atoms with E-state index in [-0.39, 0.29) is 30.1 Å². The highest BCUT2D eigenvalue weighted by atomic mass is 127. The largest absolute Gasteiger partial charge is 0.377 e. The van der Waals surface area contributed by atoms with E-state index in [1.165, 1.54) is 42.4 Å². The lowest BCUT2D eigenvalue weighted by Gasteiger charge is -2.63. The number of benzene rings is 1. The van der Waals surface area contributed by atoms with Crippen molar-refractivity contribution < 1.29 is 9.47 Å². The molecule has 2 heterocycles. The van der Waals surface area contributed by atoms with Crippen LogP contribution in [0.4, 0.5) is 0 Å². The second kappa shape index (κ2) is 8.35. The number of guanidine groups is 1. The Morgan fingerprint density at radius 3 is 2.72 bits per heavy atom. The standard InChI is InChI=1S/C23H33N3O2.HI/c1-15-5-6-17(16(2)13-15)19-14-26(10-12-27-19)22(24-3)25-20-18-7-11-28-21(18)23(20)8-4-9-23;/h5-6,13,18-21H,4,7-12,14H2,1-3H3,(H,24,25);1H. The van der Waals surface area contributed by atoms with Crippen LogP contribution in [0.3, 0.4) is 0 Å². The topological polar surface area (TPSA) is 46.1 Å². The Bertz CT molecular complexity index is 779. The zero-order chi connectivity index (χ0) is 19.3. The number of hydrogen-bond donors (Lipinski definition) is 1. The Morgan fingerprint density at radius 1 is 1.21 bits per heavy atom. The van der Waals surface area contributed by atoms with E-state index in [0.717, 1.165) is 32.3 Å². The van der Waals surface area contributed by atoms with E-state index < -0.39 is 0 Å². The van der Waals surface area contributed by atoms with Crippen LogP contribution in [0.15, 0.2) is 23.2 Å². The van der Waals surface area contributed by atoms with Gasteiger partial charge in [-0.2, -0.15) is 0 Å². The minimum Gasteiger partial charge on any atom is -0.377 e. The molecule has 2 saturated heterocycles. The number of aliphatic imine (C=N–C) groups is 1. The van der Waals surface area contributed by atoms with Gasteiger partial charge in [0.15, 0.2) is 5.96 Å². The normalized spacial score (nSPS) is 32.8. The summed E-state index contributed by atoms with van der Waals surface area (Å²) in [4.78, 5) is 7.06. The highest BCUT2D eigenvalue weighted by molar-refractivity contribution is 14.0. The van der Waals surface area contributed by atoms with E-state index in [1.54, 1.807) is 0 Å². The third-order valence-electron chi connectivity index (χ3n) is 7.67. The molecule has 2 saturated carbocycles. The molecule has 4 aliphatic rings. The molecule has 1 aromatic carbocycles. The fourth-order valence-electron chi connectivity index (χ4n) is 6.11. The number of rotatable bonds is 2. The highest BCUT2D eigenvalue weighted by Crippen LogP contribution is 2.62. The monoisotopic (exact) mass is 511 g/mol. The second-order valence-corrected chi connectivity index (χ2v) is 9.17. The number of nitrogens with zero attached hydrogens (tertiary/aromatic N) is 2. The van der Waals surface area contributed by atoms with Crippen LogP contribution in [0.1, 0.15) is 48.5 Å². The molecular formula is C23H34IN3O2. The molecule has 0 amide bonds. The van der Waals surface area contributed by atoms with Gasteiger partial charge in [0.05, 0.1) is 19.3 Å². The summed E-state index contributed by atoms with van der Waals surface area (Å²) < 4.78 is 12.2. The molecule has 0 aromatic heterocycles. The van der Waals surface area contributed by atoms with Gasteiger partial charge in [-0.25, -0.2) is 0 Å². The number of ether oxygens (including phenoxy) is 2. The third-order valence-corrected chi connectivity index (χ3v) is 7.67.